The van der Waals surface area contributed by atoms with Gasteiger partial charge in [-0.1, -0.05) is 23.4 Å². The number of hydrogen-bond acceptors (Lipinski definition) is 6. The van der Waals surface area contributed by atoms with E-state index in [0.29, 0.717) is 12.3 Å². The van der Waals surface area contributed by atoms with Gasteiger partial charge in [-0.25, -0.2) is 9.37 Å². The number of fused-ring (bicyclic) bond motifs is 1. The first-order chi connectivity index (χ1) is 16.5. The van der Waals surface area contributed by atoms with Gasteiger partial charge in [-0.05, 0) is 55.2 Å². The molecule has 4 heterocycles. The van der Waals surface area contributed by atoms with Crippen molar-refractivity contribution in [2.24, 2.45) is 16.5 Å². The van der Waals surface area contributed by atoms with Crippen LogP contribution in [0.15, 0.2) is 60.1 Å². The number of halogens is 1. The molecule has 0 radical (unpaired) electrons. The number of ether oxygens (including phenoxy) is 1. The molecule has 2 atom stereocenters. The average molecular weight is 463 g/mol. The lowest BCUT2D eigenvalue weighted by Gasteiger charge is -2.54. The van der Waals surface area contributed by atoms with Crippen molar-refractivity contribution in [3.8, 4) is 11.4 Å². The van der Waals surface area contributed by atoms with Gasteiger partial charge in [0.1, 0.15) is 24.0 Å². The average Bonchev–Trinajstić information content (AvgIpc) is 3.24. The molecule has 0 saturated carbocycles. The van der Waals surface area contributed by atoms with E-state index in [1.165, 1.54) is 12.1 Å². The van der Waals surface area contributed by atoms with Crippen LogP contribution < -0.4 is 0 Å². The molecule has 2 fully saturated rings. The lowest BCUT2D eigenvalue weighted by Crippen LogP contribution is -2.61. The van der Waals surface area contributed by atoms with E-state index in [1.54, 1.807) is 6.33 Å². The summed E-state index contributed by atoms with van der Waals surface area (Å²) in [6, 6.07) is 12.4. The topological polar surface area (TPSA) is 72.1 Å². The molecule has 2 unspecified atom stereocenters. The SMILES string of the molecule is Cc1cn(-c2ccc(CC3CC4(COC4)CN4C3=NOCC4c3ccc(F)cc3)cc2O)cn1. The number of benzene rings is 2. The van der Waals surface area contributed by atoms with Gasteiger partial charge in [-0.2, -0.15) is 0 Å². The monoisotopic (exact) mass is 462 g/mol. The molecule has 0 aliphatic carbocycles. The Morgan fingerprint density at radius 3 is 2.68 bits per heavy atom. The lowest BCUT2D eigenvalue weighted by atomic mass is 9.71. The number of nitrogens with zero attached hydrogens (tertiary/aromatic N) is 4. The summed E-state index contributed by atoms with van der Waals surface area (Å²) in [5.74, 6) is 1.02. The summed E-state index contributed by atoms with van der Waals surface area (Å²) in [5, 5.41) is 15.2. The van der Waals surface area contributed by atoms with Gasteiger partial charge in [0.15, 0.2) is 0 Å². The minimum absolute atomic E-state index is 0.0198. The minimum Gasteiger partial charge on any atom is -0.506 e. The molecule has 6 rings (SSSR count). The van der Waals surface area contributed by atoms with Crippen molar-refractivity contribution in [2.45, 2.75) is 25.8 Å². The molecule has 2 saturated heterocycles. The zero-order valence-electron chi connectivity index (χ0n) is 19.0. The molecule has 1 spiro atoms. The number of imidazole rings is 1. The fraction of sp³-hybridized carbons (Fsp3) is 0.385. The summed E-state index contributed by atoms with van der Waals surface area (Å²) in [5.41, 5.74) is 3.72. The number of piperidine rings is 1. The summed E-state index contributed by atoms with van der Waals surface area (Å²) >= 11 is 0. The molecule has 3 aromatic rings. The highest BCUT2D eigenvalue weighted by Gasteiger charge is 2.50. The fourth-order valence-electron chi connectivity index (χ4n) is 5.49. The van der Waals surface area contributed by atoms with Crippen LogP contribution in [0.5, 0.6) is 5.75 Å². The zero-order valence-corrected chi connectivity index (χ0v) is 19.0. The summed E-state index contributed by atoms with van der Waals surface area (Å²) in [6.07, 6.45) is 5.27. The van der Waals surface area contributed by atoms with Crippen LogP contribution in [-0.4, -0.2) is 51.8 Å². The summed E-state index contributed by atoms with van der Waals surface area (Å²) in [6.45, 7) is 4.66. The van der Waals surface area contributed by atoms with Crippen molar-refractivity contribution in [2.75, 3.05) is 26.4 Å². The second-order valence-electron chi connectivity index (χ2n) is 9.78. The smallest absolute Gasteiger partial charge is 0.148 e. The number of phenols is 1. The number of amidine groups is 1. The van der Waals surface area contributed by atoms with E-state index in [0.717, 1.165) is 55.3 Å². The number of phenolic OH excluding ortho intramolecular Hbond substituents is 1. The Kier molecular flexibility index (Phi) is 5.06. The van der Waals surface area contributed by atoms with Crippen molar-refractivity contribution < 1.29 is 19.1 Å². The highest BCUT2D eigenvalue weighted by Crippen LogP contribution is 2.45. The molecular weight excluding hydrogens is 435 g/mol. The second kappa shape index (κ2) is 8.13. The number of hydrogen-bond donors (Lipinski definition) is 1. The van der Waals surface area contributed by atoms with Gasteiger partial charge in [-0.15, -0.1) is 0 Å². The van der Waals surface area contributed by atoms with Crippen LogP contribution in [0.25, 0.3) is 5.69 Å². The van der Waals surface area contributed by atoms with E-state index in [9.17, 15) is 9.50 Å². The molecule has 8 heteroatoms. The first kappa shape index (κ1) is 21.2. The summed E-state index contributed by atoms with van der Waals surface area (Å²) in [4.78, 5) is 12.3. The van der Waals surface area contributed by atoms with Gasteiger partial charge in [0.25, 0.3) is 0 Å². The Morgan fingerprint density at radius 2 is 2.00 bits per heavy atom. The molecule has 7 nitrogen and oxygen atoms in total. The minimum atomic E-state index is -0.246. The number of aromatic nitrogens is 2. The van der Waals surface area contributed by atoms with Crippen LogP contribution in [0.2, 0.25) is 0 Å². The maximum atomic E-state index is 13.5. The molecule has 2 aromatic carbocycles. The Hall–Kier alpha value is -3.39. The zero-order chi connectivity index (χ0) is 23.3. The predicted molar refractivity (Wildman–Crippen MR) is 124 cm³/mol. The van der Waals surface area contributed by atoms with Crippen LogP contribution in [0.1, 0.15) is 29.3 Å². The number of aryl methyl sites for hydroxylation is 1. The second-order valence-corrected chi connectivity index (χ2v) is 9.78. The van der Waals surface area contributed by atoms with E-state index in [-0.39, 0.29) is 28.9 Å². The third kappa shape index (κ3) is 3.72. The molecule has 34 heavy (non-hydrogen) atoms. The summed E-state index contributed by atoms with van der Waals surface area (Å²) < 4.78 is 21.0. The lowest BCUT2D eigenvalue weighted by molar-refractivity contribution is -0.145. The van der Waals surface area contributed by atoms with Crippen molar-refractivity contribution in [1.82, 2.24) is 14.5 Å². The van der Waals surface area contributed by atoms with E-state index >= 15 is 0 Å². The molecule has 0 amide bonds. The van der Waals surface area contributed by atoms with Gasteiger partial charge in [-0.3, -0.25) is 0 Å². The number of rotatable bonds is 4. The Balaban J connectivity index is 1.29. The van der Waals surface area contributed by atoms with E-state index in [4.69, 9.17) is 9.57 Å². The van der Waals surface area contributed by atoms with Gasteiger partial charge in [0, 0.05) is 24.1 Å². The predicted octanol–water partition coefficient (Wildman–Crippen LogP) is 3.99. The van der Waals surface area contributed by atoms with Crippen LogP contribution >= 0.6 is 0 Å². The van der Waals surface area contributed by atoms with Crippen LogP contribution in [0, 0.1) is 24.1 Å². The molecule has 0 bridgehead atoms. The molecule has 1 aromatic heterocycles. The maximum Gasteiger partial charge on any atom is 0.148 e. The van der Waals surface area contributed by atoms with Crippen molar-refractivity contribution in [3.63, 3.8) is 0 Å². The third-order valence-electron chi connectivity index (χ3n) is 7.19. The molecule has 3 aliphatic heterocycles. The van der Waals surface area contributed by atoms with Gasteiger partial charge in [0.05, 0.1) is 37.0 Å². The maximum absolute atomic E-state index is 13.5. The summed E-state index contributed by atoms with van der Waals surface area (Å²) in [7, 11) is 0. The highest BCUT2D eigenvalue weighted by atomic mass is 19.1. The van der Waals surface area contributed by atoms with Crippen molar-refractivity contribution in [1.29, 1.82) is 0 Å². The Labute approximate surface area is 197 Å². The largest absolute Gasteiger partial charge is 0.506 e. The van der Waals surface area contributed by atoms with Gasteiger partial charge in [0.2, 0.25) is 0 Å². The van der Waals surface area contributed by atoms with Gasteiger partial charge < -0.3 is 24.1 Å². The van der Waals surface area contributed by atoms with Crippen LogP contribution in [0.4, 0.5) is 4.39 Å². The van der Waals surface area contributed by atoms with E-state index in [1.807, 2.05) is 42.0 Å². The Morgan fingerprint density at radius 1 is 1.18 bits per heavy atom. The fourth-order valence-corrected chi connectivity index (χ4v) is 5.49. The van der Waals surface area contributed by atoms with E-state index < -0.39 is 0 Å². The first-order valence-electron chi connectivity index (χ1n) is 11.6. The molecule has 3 aliphatic rings. The van der Waals surface area contributed by atoms with E-state index in [2.05, 4.69) is 21.1 Å². The quantitative estimate of drug-likeness (QED) is 0.635. The van der Waals surface area contributed by atoms with Crippen molar-refractivity contribution in [3.05, 3.63) is 77.6 Å². The number of aromatic hydroxyl groups is 1. The van der Waals surface area contributed by atoms with Crippen LogP contribution in [-0.2, 0) is 16.0 Å². The van der Waals surface area contributed by atoms with Crippen LogP contribution in [0.3, 0.4) is 0 Å². The molecule has 176 valence electrons. The normalized spacial score (nSPS) is 23.1. The Bertz CT molecular complexity index is 1240. The van der Waals surface area contributed by atoms with Gasteiger partial charge >= 0.3 is 0 Å². The molecule has 1 N–H and O–H groups in total. The highest BCUT2D eigenvalue weighted by molar-refractivity contribution is 5.86. The molecular formula is C26H27FN4O3. The standard InChI is InChI=1S/C26H27FN4O3/c1-17-11-30(16-28-17)22-7-2-18(9-24(22)32)8-20-10-26(14-33-15-26)13-31-23(12-34-29-25(20)31)19-3-5-21(27)6-4-19/h2-7,9,11,16,20,23,32H,8,10,12-15H2,1H3. The third-order valence-corrected chi connectivity index (χ3v) is 7.19. The van der Waals surface area contributed by atoms with Crippen molar-refractivity contribution >= 4 is 5.84 Å². The number of oxime groups is 1. The first-order valence-corrected chi connectivity index (χ1v) is 11.6.